The number of carbonyl (C=O) groups is 1. The number of aromatic nitrogens is 2. The molecular weight excluding hydrogens is 302 g/mol. The quantitative estimate of drug-likeness (QED) is 0.788. The predicted molar refractivity (Wildman–Crippen MR) is 89.7 cm³/mol. The molecule has 2 heterocycles. The summed E-state index contributed by atoms with van der Waals surface area (Å²) in [5.74, 6) is -1.17. The van der Waals surface area contributed by atoms with Crippen LogP contribution in [0.2, 0.25) is 0 Å². The maximum Gasteiger partial charge on any atom is 0.147 e. The first-order valence-electron chi connectivity index (χ1n) is 7.78. The number of nitrogens with one attached hydrogen (secondary N) is 1. The van der Waals surface area contributed by atoms with Crippen LogP contribution in [-0.4, -0.2) is 15.7 Å². The molecule has 0 amide bonds. The molecule has 5 heteroatoms. The Balaban J connectivity index is 1.83. The van der Waals surface area contributed by atoms with Crippen LogP contribution in [0.15, 0.2) is 48.5 Å². The highest BCUT2D eigenvalue weighted by Crippen LogP contribution is 2.38. The van der Waals surface area contributed by atoms with Crippen molar-refractivity contribution < 1.29 is 9.90 Å². The minimum absolute atomic E-state index is 0.169. The van der Waals surface area contributed by atoms with E-state index in [9.17, 15) is 9.90 Å². The summed E-state index contributed by atoms with van der Waals surface area (Å²) >= 11 is 0. The Bertz CT molecular complexity index is 942. The number of hydrogen-bond donors (Lipinski definition) is 1. The van der Waals surface area contributed by atoms with E-state index >= 15 is 0 Å². The molecule has 0 saturated heterocycles. The first kappa shape index (κ1) is 14.5. The third-order valence-electron chi connectivity index (χ3n) is 4.31. The van der Waals surface area contributed by atoms with Crippen molar-refractivity contribution in [3.63, 3.8) is 0 Å². The monoisotopic (exact) mass is 318 g/mol. The average Bonchev–Trinajstić information content (AvgIpc) is 2.96. The molecular formula is C19H16N3O2-. The van der Waals surface area contributed by atoms with Gasteiger partial charge in [0.2, 0.25) is 0 Å². The van der Waals surface area contributed by atoms with Crippen LogP contribution < -0.4 is 10.4 Å². The summed E-state index contributed by atoms with van der Waals surface area (Å²) < 4.78 is 1.95. The number of hydrogen-bond acceptors (Lipinski definition) is 4. The van der Waals surface area contributed by atoms with Crippen LogP contribution in [0.3, 0.4) is 0 Å². The molecule has 0 saturated carbocycles. The van der Waals surface area contributed by atoms with Gasteiger partial charge >= 0.3 is 0 Å². The first-order chi connectivity index (χ1) is 11.5. The van der Waals surface area contributed by atoms with Gasteiger partial charge in [0, 0.05) is 11.3 Å². The summed E-state index contributed by atoms with van der Waals surface area (Å²) in [4.78, 5) is 10.9. The molecule has 4 rings (SSSR count). The summed E-state index contributed by atoms with van der Waals surface area (Å²) in [5.41, 5.74) is 6.47. The van der Waals surface area contributed by atoms with Gasteiger partial charge in [0.1, 0.15) is 6.17 Å². The molecule has 5 nitrogen and oxygen atoms in total. The van der Waals surface area contributed by atoms with E-state index in [0.29, 0.717) is 0 Å². The molecule has 0 spiro atoms. The van der Waals surface area contributed by atoms with Crippen LogP contribution in [0.25, 0.3) is 11.3 Å². The van der Waals surface area contributed by atoms with E-state index in [1.165, 1.54) is 5.56 Å². The number of carboxylic acids is 1. The van der Waals surface area contributed by atoms with Crippen molar-refractivity contribution in [3.05, 3.63) is 70.9 Å². The maximum absolute atomic E-state index is 10.9. The average molecular weight is 318 g/mol. The lowest BCUT2D eigenvalue weighted by molar-refractivity contribution is -0.255. The fourth-order valence-corrected chi connectivity index (χ4v) is 3.14. The van der Waals surface area contributed by atoms with E-state index in [0.717, 1.165) is 28.2 Å². The Hall–Kier alpha value is -3.08. The zero-order valence-electron chi connectivity index (χ0n) is 13.4. The van der Waals surface area contributed by atoms with E-state index < -0.39 is 5.97 Å². The molecule has 3 aromatic rings. The smallest absolute Gasteiger partial charge is 0.147 e. The van der Waals surface area contributed by atoms with Gasteiger partial charge in [-0.2, -0.15) is 5.10 Å². The Kier molecular flexibility index (Phi) is 3.16. The van der Waals surface area contributed by atoms with E-state index in [4.69, 9.17) is 0 Å². The standard InChI is InChI=1S/C19H17N3O2/c1-11-3-8-16-15(9-11)17-10-12(2)21-22(17)18(20-16)13-4-6-14(7-5-13)19(23)24/h3-10,18,20H,1-2H3,(H,23,24)/p-1/t18-/m1/s1. The molecule has 2 aromatic carbocycles. The Morgan fingerprint density at radius 3 is 2.58 bits per heavy atom. The second kappa shape index (κ2) is 5.23. The lowest BCUT2D eigenvalue weighted by Crippen LogP contribution is -2.26. The van der Waals surface area contributed by atoms with Crippen molar-refractivity contribution in [1.82, 2.24) is 9.78 Å². The van der Waals surface area contributed by atoms with Crippen LogP contribution >= 0.6 is 0 Å². The maximum atomic E-state index is 10.9. The lowest BCUT2D eigenvalue weighted by atomic mass is 10.0. The van der Waals surface area contributed by atoms with Crippen molar-refractivity contribution in [2.24, 2.45) is 0 Å². The van der Waals surface area contributed by atoms with Gasteiger partial charge in [-0.15, -0.1) is 0 Å². The van der Waals surface area contributed by atoms with E-state index in [2.05, 4.69) is 41.6 Å². The molecule has 0 aliphatic carbocycles. The Morgan fingerprint density at radius 2 is 1.88 bits per heavy atom. The van der Waals surface area contributed by atoms with Gasteiger partial charge < -0.3 is 15.2 Å². The van der Waals surface area contributed by atoms with Crippen LogP contribution in [0.4, 0.5) is 5.69 Å². The molecule has 1 atom stereocenters. The molecule has 1 N–H and O–H groups in total. The number of carbonyl (C=O) groups excluding carboxylic acids is 1. The van der Waals surface area contributed by atoms with E-state index in [1.807, 2.05) is 11.6 Å². The second-order valence-corrected chi connectivity index (χ2v) is 6.12. The van der Waals surface area contributed by atoms with Crippen LogP contribution in [0.1, 0.15) is 33.3 Å². The zero-order valence-corrected chi connectivity index (χ0v) is 13.4. The van der Waals surface area contributed by atoms with Crippen LogP contribution in [0.5, 0.6) is 0 Å². The largest absolute Gasteiger partial charge is 0.545 e. The summed E-state index contributed by atoms with van der Waals surface area (Å²) in [6.07, 6.45) is -0.181. The highest BCUT2D eigenvalue weighted by atomic mass is 16.4. The topological polar surface area (TPSA) is 70.0 Å². The molecule has 0 bridgehead atoms. The van der Waals surface area contributed by atoms with Gasteiger partial charge in [0.25, 0.3) is 0 Å². The molecule has 120 valence electrons. The summed E-state index contributed by atoms with van der Waals surface area (Å²) in [7, 11) is 0. The number of benzene rings is 2. The minimum atomic E-state index is -1.17. The minimum Gasteiger partial charge on any atom is -0.545 e. The normalized spacial score (nSPS) is 15.3. The Labute approximate surface area is 139 Å². The number of aromatic carboxylic acids is 1. The van der Waals surface area contributed by atoms with Crippen molar-refractivity contribution in [2.75, 3.05) is 5.32 Å². The summed E-state index contributed by atoms with van der Waals surface area (Å²) in [5, 5.41) is 19.1. The van der Waals surface area contributed by atoms with Gasteiger partial charge in [-0.25, -0.2) is 4.68 Å². The predicted octanol–water partition coefficient (Wildman–Crippen LogP) is 2.50. The molecule has 1 aliphatic rings. The van der Waals surface area contributed by atoms with Gasteiger partial charge in [0.05, 0.1) is 17.4 Å². The van der Waals surface area contributed by atoms with Crippen molar-refractivity contribution in [2.45, 2.75) is 20.0 Å². The third-order valence-corrected chi connectivity index (χ3v) is 4.31. The number of rotatable bonds is 2. The second-order valence-electron chi connectivity index (χ2n) is 6.12. The summed E-state index contributed by atoms with van der Waals surface area (Å²) in [6.45, 7) is 4.04. The number of nitrogens with zero attached hydrogens (tertiary/aromatic N) is 2. The molecule has 1 aliphatic heterocycles. The molecule has 0 unspecified atom stereocenters. The Morgan fingerprint density at radius 1 is 1.12 bits per heavy atom. The van der Waals surface area contributed by atoms with E-state index in [-0.39, 0.29) is 11.7 Å². The van der Waals surface area contributed by atoms with Crippen molar-refractivity contribution in [1.29, 1.82) is 0 Å². The lowest BCUT2D eigenvalue weighted by Gasteiger charge is -2.29. The highest BCUT2D eigenvalue weighted by molar-refractivity contribution is 5.85. The molecule has 0 radical (unpaired) electrons. The fraction of sp³-hybridized carbons (Fsp3) is 0.158. The highest BCUT2D eigenvalue weighted by Gasteiger charge is 2.26. The van der Waals surface area contributed by atoms with Gasteiger partial charge in [-0.1, -0.05) is 35.9 Å². The third kappa shape index (κ3) is 2.25. The molecule has 0 fully saturated rings. The van der Waals surface area contributed by atoms with Crippen LogP contribution in [-0.2, 0) is 0 Å². The van der Waals surface area contributed by atoms with E-state index in [1.54, 1.807) is 24.3 Å². The summed E-state index contributed by atoms with van der Waals surface area (Å²) in [6, 6.07) is 15.1. The van der Waals surface area contributed by atoms with Crippen molar-refractivity contribution >= 4 is 11.7 Å². The first-order valence-corrected chi connectivity index (χ1v) is 7.78. The van der Waals surface area contributed by atoms with Crippen molar-refractivity contribution in [3.8, 4) is 11.3 Å². The van der Waals surface area contributed by atoms with Crippen LogP contribution in [0, 0.1) is 13.8 Å². The number of carboxylic acid groups (broad SMARTS) is 1. The number of fused-ring (bicyclic) bond motifs is 3. The number of anilines is 1. The zero-order chi connectivity index (χ0) is 16.8. The van der Waals surface area contributed by atoms with Gasteiger partial charge in [0.15, 0.2) is 0 Å². The SMILES string of the molecule is Cc1ccc2c(c1)-c1cc(C)nn1[C@H](c1ccc(C(=O)[O-])cc1)N2. The molecule has 1 aromatic heterocycles. The van der Waals surface area contributed by atoms with Gasteiger partial charge in [-0.05, 0) is 43.2 Å². The number of aryl methyl sites for hydroxylation is 2. The fourth-order valence-electron chi connectivity index (χ4n) is 3.14. The molecule has 24 heavy (non-hydrogen) atoms. The van der Waals surface area contributed by atoms with Gasteiger partial charge in [-0.3, -0.25) is 0 Å².